The monoisotopic (exact) mass is 221 g/mol. The first-order valence-electron chi connectivity index (χ1n) is 6.09. The van der Waals surface area contributed by atoms with Crippen LogP contribution in [0.4, 0.5) is 0 Å². The third-order valence-corrected chi connectivity index (χ3v) is 2.85. The predicted molar refractivity (Wildman–Crippen MR) is 68.9 cm³/mol. The fraction of sp³-hybridized carbons (Fsp3) is 0.571. The first-order valence-corrected chi connectivity index (χ1v) is 6.09. The van der Waals surface area contributed by atoms with Crippen LogP contribution in [0.5, 0.6) is 5.75 Å². The van der Waals surface area contributed by atoms with Crippen molar-refractivity contribution in [2.75, 3.05) is 6.61 Å². The van der Waals surface area contributed by atoms with E-state index in [1.807, 2.05) is 0 Å². The van der Waals surface area contributed by atoms with Gasteiger partial charge in [-0.2, -0.15) is 0 Å². The highest BCUT2D eigenvalue weighted by Gasteiger charge is 2.11. The highest BCUT2D eigenvalue weighted by atomic mass is 16.5. The Balaban J connectivity index is 2.98. The molecule has 0 bridgehead atoms. The Bertz CT molecular complexity index is 324. The summed E-state index contributed by atoms with van der Waals surface area (Å²) in [6.07, 6.45) is 2.01. The van der Waals surface area contributed by atoms with Gasteiger partial charge in [0, 0.05) is 6.04 Å². The summed E-state index contributed by atoms with van der Waals surface area (Å²) in [6.45, 7) is 9.22. The Morgan fingerprint density at radius 3 is 2.19 bits per heavy atom. The topological polar surface area (TPSA) is 35.2 Å². The Morgan fingerprint density at radius 2 is 1.75 bits per heavy atom. The van der Waals surface area contributed by atoms with Crippen LogP contribution < -0.4 is 10.5 Å². The van der Waals surface area contributed by atoms with Gasteiger partial charge >= 0.3 is 0 Å². The molecular weight excluding hydrogens is 198 g/mol. The molecule has 0 saturated carbocycles. The number of hydrogen-bond donors (Lipinski definition) is 1. The predicted octanol–water partition coefficient (Wildman–Crippen LogP) is 3.50. The van der Waals surface area contributed by atoms with E-state index < -0.39 is 0 Å². The number of hydrogen-bond acceptors (Lipinski definition) is 2. The molecule has 0 aliphatic heterocycles. The molecule has 0 heterocycles. The molecule has 1 aromatic carbocycles. The lowest BCUT2D eigenvalue weighted by Gasteiger charge is -2.17. The number of benzene rings is 1. The first kappa shape index (κ1) is 13.0. The maximum Gasteiger partial charge on any atom is 0.119 e. The summed E-state index contributed by atoms with van der Waals surface area (Å²) < 4.78 is 5.64. The van der Waals surface area contributed by atoms with Crippen molar-refractivity contribution in [2.45, 2.75) is 46.6 Å². The van der Waals surface area contributed by atoms with Gasteiger partial charge in [-0.3, -0.25) is 0 Å². The Hall–Kier alpha value is -1.02. The van der Waals surface area contributed by atoms with E-state index in [0.717, 1.165) is 25.2 Å². The Labute approximate surface area is 98.8 Å². The smallest absolute Gasteiger partial charge is 0.119 e. The van der Waals surface area contributed by atoms with E-state index in [2.05, 4.69) is 39.8 Å². The average molecular weight is 221 g/mol. The van der Waals surface area contributed by atoms with Crippen molar-refractivity contribution in [1.82, 2.24) is 0 Å². The second-order valence-corrected chi connectivity index (χ2v) is 4.33. The van der Waals surface area contributed by atoms with E-state index in [9.17, 15) is 0 Å². The van der Waals surface area contributed by atoms with Gasteiger partial charge in [0.1, 0.15) is 5.75 Å². The van der Waals surface area contributed by atoms with Crippen LogP contribution in [0, 0.1) is 13.8 Å². The Morgan fingerprint density at radius 1 is 1.19 bits per heavy atom. The minimum atomic E-state index is 0.139. The molecule has 2 heteroatoms. The molecule has 0 fully saturated rings. The van der Waals surface area contributed by atoms with Crippen LogP contribution in [0.3, 0.4) is 0 Å². The largest absolute Gasteiger partial charge is 0.494 e. The molecule has 0 aliphatic rings. The lowest BCUT2D eigenvalue weighted by Crippen LogP contribution is -2.12. The normalized spacial score (nSPS) is 12.6. The van der Waals surface area contributed by atoms with Crippen molar-refractivity contribution < 1.29 is 4.74 Å². The third kappa shape index (κ3) is 2.99. The van der Waals surface area contributed by atoms with Crippen LogP contribution in [-0.2, 0) is 0 Å². The quantitative estimate of drug-likeness (QED) is 0.826. The maximum atomic E-state index is 6.11. The zero-order valence-electron chi connectivity index (χ0n) is 10.8. The molecule has 1 atom stereocenters. The van der Waals surface area contributed by atoms with Crippen LogP contribution in [-0.4, -0.2) is 6.61 Å². The van der Waals surface area contributed by atoms with Gasteiger partial charge in [-0.05, 0) is 55.5 Å². The molecule has 1 unspecified atom stereocenters. The van der Waals surface area contributed by atoms with Crippen molar-refractivity contribution >= 4 is 0 Å². The molecule has 2 nitrogen and oxygen atoms in total. The number of aryl methyl sites for hydroxylation is 2. The van der Waals surface area contributed by atoms with Crippen molar-refractivity contribution in [3.05, 3.63) is 28.8 Å². The number of nitrogens with two attached hydrogens (primary N) is 1. The summed E-state index contributed by atoms with van der Waals surface area (Å²) >= 11 is 0. The molecule has 0 radical (unpaired) electrons. The summed E-state index contributed by atoms with van der Waals surface area (Å²) in [5.74, 6) is 0.962. The van der Waals surface area contributed by atoms with Crippen molar-refractivity contribution in [2.24, 2.45) is 5.73 Å². The van der Waals surface area contributed by atoms with Crippen LogP contribution >= 0.6 is 0 Å². The van der Waals surface area contributed by atoms with Gasteiger partial charge in [-0.15, -0.1) is 0 Å². The van der Waals surface area contributed by atoms with Gasteiger partial charge in [-0.25, -0.2) is 0 Å². The molecular formula is C14H23NO. The summed E-state index contributed by atoms with van der Waals surface area (Å²) in [6, 6.07) is 4.32. The highest BCUT2D eigenvalue weighted by Crippen LogP contribution is 2.27. The van der Waals surface area contributed by atoms with E-state index >= 15 is 0 Å². The summed E-state index contributed by atoms with van der Waals surface area (Å²) in [5.41, 5.74) is 9.85. The van der Waals surface area contributed by atoms with Crippen LogP contribution in [0.15, 0.2) is 12.1 Å². The molecule has 90 valence electrons. The molecule has 0 spiro atoms. The van der Waals surface area contributed by atoms with Crippen LogP contribution in [0.25, 0.3) is 0 Å². The van der Waals surface area contributed by atoms with Gasteiger partial charge in [0.25, 0.3) is 0 Å². The van der Waals surface area contributed by atoms with Gasteiger partial charge in [0.05, 0.1) is 6.61 Å². The minimum absolute atomic E-state index is 0.139. The highest BCUT2D eigenvalue weighted by molar-refractivity contribution is 5.42. The summed E-state index contributed by atoms with van der Waals surface area (Å²) in [7, 11) is 0. The first-order chi connectivity index (χ1) is 7.60. The second-order valence-electron chi connectivity index (χ2n) is 4.33. The van der Waals surface area contributed by atoms with Crippen molar-refractivity contribution in [3.63, 3.8) is 0 Å². The second kappa shape index (κ2) is 5.90. The molecule has 0 aromatic heterocycles. The molecule has 16 heavy (non-hydrogen) atoms. The number of rotatable bonds is 5. The molecule has 1 aromatic rings. The van der Waals surface area contributed by atoms with E-state index in [-0.39, 0.29) is 6.04 Å². The lowest BCUT2D eigenvalue weighted by molar-refractivity contribution is 0.317. The lowest BCUT2D eigenvalue weighted by atomic mass is 9.95. The molecule has 1 rings (SSSR count). The molecule has 0 aliphatic carbocycles. The zero-order chi connectivity index (χ0) is 12.1. The third-order valence-electron chi connectivity index (χ3n) is 2.85. The van der Waals surface area contributed by atoms with Crippen molar-refractivity contribution in [3.8, 4) is 5.75 Å². The summed E-state index contributed by atoms with van der Waals surface area (Å²) in [5, 5.41) is 0. The average Bonchev–Trinajstić information content (AvgIpc) is 2.25. The summed E-state index contributed by atoms with van der Waals surface area (Å²) in [4.78, 5) is 0. The molecule has 2 N–H and O–H groups in total. The molecule has 0 amide bonds. The van der Waals surface area contributed by atoms with Gasteiger partial charge in [0.2, 0.25) is 0 Å². The zero-order valence-corrected chi connectivity index (χ0v) is 10.8. The van der Waals surface area contributed by atoms with Crippen molar-refractivity contribution in [1.29, 1.82) is 0 Å². The van der Waals surface area contributed by atoms with Gasteiger partial charge in [-0.1, -0.05) is 13.8 Å². The minimum Gasteiger partial charge on any atom is -0.494 e. The fourth-order valence-corrected chi connectivity index (χ4v) is 2.03. The van der Waals surface area contributed by atoms with Crippen LogP contribution in [0.2, 0.25) is 0 Å². The maximum absolute atomic E-state index is 6.11. The Kier molecular flexibility index (Phi) is 4.81. The fourth-order valence-electron chi connectivity index (χ4n) is 2.03. The van der Waals surface area contributed by atoms with Gasteiger partial charge in [0.15, 0.2) is 0 Å². The molecule has 0 saturated heterocycles. The van der Waals surface area contributed by atoms with Crippen LogP contribution in [0.1, 0.15) is 49.4 Å². The standard InChI is InChI=1S/C14H23NO/c1-5-7-16-12-8-10(3)14(11(4)9-12)13(15)6-2/h8-9,13H,5-7,15H2,1-4H3. The van der Waals surface area contributed by atoms with E-state index in [0.29, 0.717) is 0 Å². The number of ether oxygens (including phenoxy) is 1. The van der Waals surface area contributed by atoms with E-state index in [1.54, 1.807) is 0 Å². The van der Waals surface area contributed by atoms with E-state index in [1.165, 1.54) is 16.7 Å². The van der Waals surface area contributed by atoms with Gasteiger partial charge < -0.3 is 10.5 Å². The SMILES string of the molecule is CCCOc1cc(C)c(C(N)CC)c(C)c1. The van der Waals surface area contributed by atoms with E-state index in [4.69, 9.17) is 10.5 Å².